The summed E-state index contributed by atoms with van der Waals surface area (Å²) in [5.74, 6) is -0.217. The Bertz CT molecular complexity index is 188. The monoisotopic (exact) mass is 232 g/mol. The van der Waals surface area contributed by atoms with Crippen LogP contribution in [0.3, 0.4) is 0 Å². The highest BCUT2D eigenvalue weighted by atomic mass is 16.5. The molecule has 96 valence electrons. The lowest BCUT2D eigenvalue weighted by molar-refractivity contribution is -0.143. The van der Waals surface area contributed by atoms with Crippen LogP contribution < -0.4 is 5.32 Å². The highest BCUT2D eigenvalue weighted by Crippen LogP contribution is 1.93. The third-order valence-electron chi connectivity index (χ3n) is 2.25. The smallest absolute Gasteiger partial charge is 0.324 e. The topological polar surface area (TPSA) is 50.8 Å². The standard InChI is InChI=1S/C11H24N2O3/c1-5-12-10(11(14)15-4)9-13(3)7-8-16-6-2/h10,12H,5-9H2,1-4H3. The van der Waals surface area contributed by atoms with Gasteiger partial charge in [0, 0.05) is 19.7 Å². The van der Waals surface area contributed by atoms with E-state index in [1.54, 1.807) is 0 Å². The van der Waals surface area contributed by atoms with E-state index >= 15 is 0 Å². The number of rotatable bonds is 9. The molecule has 1 unspecified atom stereocenters. The molecule has 0 rings (SSSR count). The van der Waals surface area contributed by atoms with Gasteiger partial charge in [-0.1, -0.05) is 6.92 Å². The predicted molar refractivity (Wildman–Crippen MR) is 63.5 cm³/mol. The van der Waals surface area contributed by atoms with Gasteiger partial charge in [0.15, 0.2) is 0 Å². The molecule has 0 bridgehead atoms. The van der Waals surface area contributed by atoms with Crippen molar-refractivity contribution in [2.24, 2.45) is 0 Å². The number of esters is 1. The maximum absolute atomic E-state index is 11.4. The van der Waals surface area contributed by atoms with Gasteiger partial charge < -0.3 is 19.7 Å². The summed E-state index contributed by atoms with van der Waals surface area (Å²) in [6.45, 7) is 7.54. The molecular weight excluding hydrogens is 208 g/mol. The van der Waals surface area contributed by atoms with Crippen LogP contribution in [-0.4, -0.2) is 63.9 Å². The van der Waals surface area contributed by atoms with Crippen molar-refractivity contribution in [2.75, 3.05) is 47.0 Å². The molecule has 0 fully saturated rings. The zero-order chi connectivity index (χ0) is 12.4. The summed E-state index contributed by atoms with van der Waals surface area (Å²) in [4.78, 5) is 13.5. The number of carbonyl (C=O) groups is 1. The van der Waals surface area contributed by atoms with E-state index in [2.05, 4.69) is 10.2 Å². The van der Waals surface area contributed by atoms with Crippen LogP contribution in [0.15, 0.2) is 0 Å². The first-order valence-electron chi connectivity index (χ1n) is 5.73. The van der Waals surface area contributed by atoms with Gasteiger partial charge in [-0.2, -0.15) is 0 Å². The summed E-state index contributed by atoms with van der Waals surface area (Å²) in [5.41, 5.74) is 0. The van der Waals surface area contributed by atoms with Gasteiger partial charge in [0.2, 0.25) is 0 Å². The molecule has 0 aliphatic rings. The molecule has 1 N–H and O–H groups in total. The summed E-state index contributed by atoms with van der Waals surface area (Å²) < 4.78 is 9.99. The molecule has 0 aromatic rings. The molecule has 0 radical (unpaired) electrons. The van der Waals surface area contributed by atoms with Crippen molar-refractivity contribution in [1.82, 2.24) is 10.2 Å². The molecule has 5 nitrogen and oxygen atoms in total. The maximum atomic E-state index is 11.4. The van der Waals surface area contributed by atoms with E-state index in [9.17, 15) is 4.79 Å². The molecular formula is C11H24N2O3. The molecule has 0 aromatic heterocycles. The van der Waals surface area contributed by atoms with Gasteiger partial charge in [-0.15, -0.1) is 0 Å². The van der Waals surface area contributed by atoms with E-state index < -0.39 is 0 Å². The van der Waals surface area contributed by atoms with E-state index in [4.69, 9.17) is 9.47 Å². The highest BCUT2D eigenvalue weighted by Gasteiger charge is 2.19. The van der Waals surface area contributed by atoms with E-state index in [0.717, 1.165) is 19.7 Å². The Morgan fingerprint density at radius 2 is 2.12 bits per heavy atom. The van der Waals surface area contributed by atoms with Crippen LogP contribution in [0, 0.1) is 0 Å². The Morgan fingerprint density at radius 1 is 1.44 bits per heavy atom. The first kappa shape index (κ1) is 15.3. The second-order valence-electron chi connectivity index (χ2n) is 3.59. The quantitative estimate of drug-likeness (QED) is 0.451. The molecule has 0 amide bonds. The molecule has 0 saturated heterocycles. The molecule has 1 atom stereocenters. The number of ether oxygens (including phenoxy) is 2. The molecule has 0 aromatic carbocycles. The van der Waals surface area contributed by atoms with Crippen LogP contribution in [0.25, 0.3) is 0 Å². The fourth-order valence-electron chi connectivity index (χ4n) is 1.38. The van der Waals surface area contributed by atoms with E-state index in [1.807, 2.05) is 20.9 Å². The fraction of sp³-hybridized carbons (Fsp3) is 0.909. The van der Waals surface area contributed by atoms with Crippen LogP contribution in [0.4, 0.5) is 0 Å². The van der Waals surface area contributed by atoms with E-state index in [0.29, 0.717) is 13.2 Å². The number of nitrogens with zero attached hydrogens (tertiary/aromatic N) is 1. The van der Waals surface area contributed by atoms with Crippen molar-refractivity contribution in [1.29, 1.82) is 0 Å². The lowest BCUT2D eigenvalue weighted by Gasteiger charge is -2.22. The lowest BCUT2D eigenvalue weighted by atomic mass is 10.2. The molecule has 0 spiro atoms. The zero-order valence-electron chi connectivity index (χ0n) is 10.8. The van der Waals surface area contributed by atoms with Crippen molar-refractivity contribution < 1.29 is 14.3 Å². The van der Waals surface area contributed by atoms with Crippen LogP contribution in [0.1, 0.15) is 13.8 Å². The molecule has 5 heteroatoms. The SMILES string of the molecule is CCNC(CN(C)CCOCC)C(=O)OC. The number of methoxy groups -OCH3 is 1. The number of hydrogen-bond acceptors (Lipinski definition) is 5. The lowest BCUT2D eigenvalue weighted by Crippen LogP contribution is -2.46. The third-order valence-corrected chi connectivity index (χ3v) is 2.25. The van der Waals surface area contributed by atoms with Gasteiger partial charge in [0.25, 0.3) is 0 Å². The number of hydrogen-bond donors (Lipinski definition) is 1. The molecule has 16 heavy (non-hydrogen) atoms. The Hall–Kier alpha value is -0.650. The fourth-order valence-corrected chi connectivity index (χ4v) is 1.38. The summed E-state index contributed by atoms with van der Waals surface area (Å²) in [6.07, 6.45) is 0. The average molecular weight is 232 g/mol. The Morgan fingerprint density at radius 3 is 2.62 bits per heavy atom. The second kappa shape index (κ2) is 9.57. The molecule has 0 heterocycles. The maximum Gasteiger partial charge on any atom is 0.324 e. The van der Waals surface area contributed by atoms with Gasteiger partial charge in [0.1, 0.15) is 6.04 Å². The Labute approximate surface area is 98.1 Å². The largest absolute Gasteiger partial charge is 0.468 e. The number of carbonyl (C=O) groups excluding carboxylic acids is 1. The number of nitrogens with one attached hydrogen (secondary N) is 1. The highest BCUT2D eigenvalue weighted by molar-refractivity contribution is 5.75. The first-order chi connectivity index (χ1) is 7.65. The van der Waals surface area contributed by atoms with E-state index in [-0.39, 0.29) is 12.0 Å². The van der Waals surface area contributed by atoms with Gasteiger partial charge >= 0.3 is 5.97 Å². The summed E-state index contributed by atoms with van der Waals surface area (Å²) in [6, 6.07) is -0.262. The molecule has 0 aliphatic carbocycles. The van der Waals surface area contributed by atoms with Crippen molar-refractivity contribution >= 4 is 5.97 Å². The summed E-state index contributed by atoms with van der Waals surface area (Å²) in [7, 11) is 3.37. The minimum absolute atomic E-state index is 0.217. The first-order valence-corrected chi connectivity index (χ1v) is 5.73. The Kier molecular flexibility index (Phi) is 9.18. The molecule has 0 saturated carbocycles. The second-order valence-corrected chi connectivity index (χ2v) is 3.59. The van der Waals surface area contributed by atoms with Gasteiger partial charge in [-0.3, -0.25) is 4.79 Å². The average Bonchev–Trinajstić information content (AvgIpc) is 2.28. The van der Waals surface area contributed by atoms with Gasteiger partial charge in [0.05, 0.1) is 13.7 Å². The van der Waals surface area contributed by atoms with Crippen LogP contribution in [-0.2, 0) is 14.3 Å². The van der Waals surface area contributed by atoms with Gasteiger partial charge in [-0.05, 0) is 20.5 Å². The Balaban J connectivity index is 3.92. The van der Waals surface area contributed by atoms with Crippen molar-refractivity contribution in [3.05, 3.63) is 0 Å². The normalized spacial score (nSPS) is 12.8. The zero-order valence-corrected chi connectivity index (χ0v) is 10.8. The minimum Gasteiger partial charge on any atom is -0.468 e. The van der Waals surface area contributed by atoms with Crippen molar-refractivity contribution in [3.8, 4) is 0 Å². The molecule has 0 aliphatic heterocycles. The van der Waals surface area contributed by atoms with E-state index in [1.165, 1.54) is 7.11 Å². The van der Waals surface area contributed by atoms with Crippen molar-refractivity contribution in [2.45, 2.75) is 19.9 Å². The predicted octanol–water partition coefficient (Wildman–Crippen LogP) is 0.106. The number of likely N-dealkylation sites (N-methyl/N-ethyl adjacent to an activating group) is 2. The van der Waals surface area contributed by atoms with Crippen LogP contribution in [0.5, 0.6) is 0 Å². The third kappa shape index (κ3) is 6.76. The minimum atomic E-state index is -0.262. The van der Waals surface area contributed by atoms with Crippen molar-refractivity contribution in [3.63, 3.8) is 0 Å². The van der Waals surface area contributed by atoms with Crippen LogP contribution in [0.2, 0.25) is 0 Å². The van der Waals surface area contributed by atoms with Gasteiger partial charge in [-0.25, -0.2) is 0 Å². The summed E-state index contributed by atoms with van der Waals surface area (Å²) >= 11 is 0. The summed E-state index contributed by atoms with van der Waals surface area (Å²) in [5, 5.41) is 3.10. The van der Waals surface area contributed by atoms with Crippen LogP contribution >= 0.6 is 0 Å².